The first kappa shape index (κ1) is 18.5. The van der Waals surface area contributed by atoms with Crippen LogP contribution in [0.15, 0.2) is 0 Å². The van der Waals surface area contributed by atoms with Gasteiger partial charge in [-0.05, 0) is 38.6 Å². The van der Waals surface area contributed by atoms with Crippen LogP contribution in [0.25, 0.3) is 0 Å². The average molecular weight is 344 g/mol. The Morgan fingerprint density at radius 1 is 1.04 bits per heavy atom. The lowest BCUT2D eigenvalue weighted by Gasteiger charge is -2.26. The molecule has 1 saturated carbocycles. The molecule has 0 radical (unpaired) electrons. The topological polar surface area (TPSA) is 61.4 Å². The van der Waals surface area contributed by atoms with Gasteiger partial charge in [-0.25, -0.2) is 0 Å². The van der Waals surface area contributed by atoms with Crippen LogP contribution in [0.1, 0.15) is 57.8 Å². The number of hydrogen-bond donors (Lipinski definition) is 2. The minimum Gasteiger partial charge on any atom is -0.351 e. The number of likely N-dealkylation sites (tertiary alicyclic amines) is 1. The van der Waals surface area contributed by atoms with Gasteiger partial charge in [0.1, 0.15) is 0 Å². The second-order valence-corrected chi connectivity index (χ2v) is 7.17. The van der Waals surface area contributed by atoms with E-state index >= 15 is 0 Å². The third kappa shape index (κ3) is 5.08. The Hall–Kier alpha value is -0.810. The van der Waals surface area contributed by atoms with Gasteiger partial charge in [0.05, 0.1) is 0 Å². The van der Waals surface area contributed by atoms with E-state index in [1.807, 2.05) is 4.90 Å². The summed E-state index contributed by atoms with van der Waals surface area (Å²) in [6.07, 6.45) is 9.53. The molecule has 23 heavy (non-hydrogen) atoms. The quantitative estimate of drug-likeness (QED) is 0.819. The molecular formula is C17H30ClN3O2. The standard InChI is InChI=1S/C17H29N3O2.ClH/c21-16(11-14-7-4-9-18-14)19-15-8-10-20(12-15)17(22)13-5-2-1-3-6-13;/h13-15,18H,1-12H2,(H,19,21);1H. The Morgan fingerprint density at radius 3 is 2.52 bits per heavy atom. The summed E-state index contributed by atoms with van der Waals surface area (Å²) in [4.78, 5) is 26.6. The molecule has 132 valence electrons. The van der Waals surface area contributed by atoms with Crippen molar-refractivity contribution in [2.24, 2.45) is 5.92 Å². The summed E-state index contributed by atoms with van der Waals surface area (Å²) in [6, 6.07) is 0.503. The summed E-state index contributed by atoms with van der Waals surface area (Å²) >= 11 is 0. The third-order valence-electron chi connectivity index (χ3n) is 5.41. The molecule has 3 rings (SSSR count). The summed E-state index contributed by atoms with van der Waals surface area (Å²) in [6.45, 7) is 2.55. The Balaban J connectivity index is 0.00000192. The van der Waals surface area contributed by atoms with Crippen LogP contribution in [0.5, 0.6) is 0 Å². The van der Waals surface area contributed by atoms with Gasteiger partial charge in [-0.15, -0.1) is 12.4 Å². The summed E-state index contributed by atoms with van der Waals surface area (Å²) in [5.41, 5.74) is 0. The predicted octanol–water partition coefficient (Wildman–Crippen LogP) is 1.85. The molecule has 3 fully saturated rings. The van der Waals surface area contributed by atoms with Gasteiger partial charge in [0.25, 0.3) is 0 Å². The summed E-state index contributed by atoms with van der Waals surface area (Å²) < 4.78 is 0. The van der Waals surface area contributed by atoms with Crippen LogP contribution in [0.3, 0.4) is 0 Å². The van der Waals surface area contributed by atoms with Gasteiger partial charge >= 0.3 is 0 Å². The monoisotopic (exact) mass is 343 g/mol. The highest BCUT2D eigenvalue weighted by Crippen LogP contribution is 2.26. The molecule has 2 unspecified atom stereocenters. The van der Waals surface area contributed by atoms with E-state index < -0.39 is 0 Å². The maximum absolute atomic E-state index is 12.5. The van der Waals surface area contributed by atoms with Crippen molar-refractivity contribution in [2.45, 2.75) is 69.9 Å². The number of carbonyl (C=O) groups is 2. The van der Waals surface area contributed by atoms with E-state index in [1.54, 1.807) is 0 Å². The fourth-order valence-corrected chi connectivity index (χ4v) is 4.13. The Labute approximate surface area is 145 Å². The molecule has 2 saturated heterocycles. The first-order valence-corrected chi connectivity index (χ1v) is 9.04. The van der Waals surface area contributed by atoms with Gasteiger partial charge in [-0.2, -0.15) is 0 Å². The zero-order valence-corrected chi connectivity index (χ0v) is 14.7. The second kappa shape index (κ2) is 8.88. The molecular weight excluding hydrogens is 314 g/mol. The van der Waals surface area contributed by atoms with Crippen molar-refractivity contribution in [1.82, 2.24) is 15.5 Å². The highest BCUT2D eigenvalue weighted by atomic mass is 35.5. The summed E-state index contributed by atoms with van der Waals surface area (Å²) in [5.74, 6) is 0.705. The molecule has 3 aliphatic rings. The number of rotatable bonds is 4. The SMILES string of the molecule is Cl.O=C(CC1CCCN1)NC1CCN(C(=O)C2CCCCC2)C1. The van der Waals surface area contributed by atoms with Gasteiger partial charge in [-0.1, -0.05) is 19.3 Å². The Morgan fingerprint density at radius 2 is 1.83 bits per heavy atom. The number of hydrogen-bond acceptors (Lipinski definition) is 3. The molecule has 0 bridgehead atoms. The lowest BCUT2D eigenvalue weighted by Crippen LogP contribution is -2.42. The molecule has 0 aromatic rings. The summed E-state index contributed by atoms with van der Waals surface area (Å²) in [5, 5.41) is 6.48. The van der Waals surface area contributed by atoms with Gasteiger partial charge in [-0.3, -0.25) is 9.59 Å². The van der Waals surface area contributed by atoms with Crippen molar-refractivity contribution in [3.8, 4) is 0 Å². The minimum atomic E-state index is 0. The van der Waals surface area contributed by atoms with Crippen molar-refractivity contribution in [3.05, 3.63) is 0 Å². The number of amides is 2. The number of halogens is 1. The third-order valence-corrected chi connectivity index (χ3v) is 5.41. The zero-order chi connectivity index (χ0) is 15.4. The van der Waals surface area contributed by atoms with Crippen molar-refractivity contribution >= 4 is 24.2 Å². The van der Waals surface area contributed by atoms with Crippen molar-refractivity contribution in [3.63, 3.8) is 0 Å². The molecule has 1 aliphatic carbocycles. The van der Waals surface area contributed by atoms with Crippen molar-refractivity contribution in [1.29, 1.82) is 0 Å². The number of nitrogens with zero attached hydrogens (tertiary/aromatic N) is 1. The second-order valence-electron chi connectivity index (χ2n) is 7.17. The van der Waals surface area contributed by atoms with Crippen LogP contribution < -0.4 is 10.6 Å². The molecule has 2 N–H and O–H groups in total. The van der Waals surface area contributed by atoms with Gasteiger partial charge < -0.3 is 15.5 Å². The lowest BCUT2D eigenvalue weighted by atomic mass is 9.88. The minimum absolute atomic E-state index is 0. The molecule has 6 heteroatoms. The molecule has 0 spiro atoms. The van der Waals surface area contributed by atoms with E-state index in [-0.39, 0.29) is 30.3 Å². The van der Waals surface area contributed by atoms with E-state index in [9.17, 15) is 9.59 Å². The van der Waals surface area contributed by atoms with Crippen molar-refractivity contribution in [2.75, 3.05) is 19.6 Å². The molecule has 5 nitrogen and oxygen atoms in total. The van der Waals surface area contributed by atoms with Gasteiger partial charge in [0.15, 0.2) is 0 Å². The molecule has 2 aliphatic heterocycles. The summed E-state index contributed by atoms with van der Waals surface area (Å²) in [7, 11) is 0. The molecule has 0 aromatic carbocycles. The first-order chi connectivity index (χ1) is 10.7. The highest BCUT2D eigenvalue weighted by molar-refractivity contribution is 5.85. The highest BCUT2D eigenvalue weighted by Gasteiger charge is 2.32. The maximum atomic E-state index is 12.5. The number of nitrogens with one attached hydrogen (secondary N) is 2. The predicted molar refractivity (Wildman–Crippen MR) is 92.6 cm³/mol. The zero-order valence-electron chi connectivity index (χ0n) is 13.9. The van der Waals surface area contributed by atoms with E-state index in [0.717, 1.165) is 38.8 Å². The van der Waals surface area contributed by atoms with Crippen LogP contribution in [0.4, 0.5) is 0 Å². The Kier molecular flexibility index (Phi) is 7.15. The number of carbonyl (C=O) groups excluding carboxylic acids is 2. The Bertz CT molecular complexity index is 407. The largest absolute Gasteiger partial charge is 0.351 e. The fraction of sp³-hybridized carbons (Fsp3) is 0.882. The fourth-order valence-electron chi connectivity index (χ4n) is 4.13. The normalized spacial score (nSPS) is 28.4. The smallest absolute Gasteiger partial charge is 0.225 e. The van der Waals surface area contributed by atoms with E-state index in [1.165, 1.54) is 25.7 Å². The lowest BCUT2D eigenvalue weighted by molar-refractivity contribution is -0.135. The van der Waals surface area contributed by atoms with Gasteiger partial charge in [0.2, 0.25) is 11.8 Å². The van der Waals surface area contributed by atoms with Crippen LogP contribution in [0, 0.1) is 5.92 Å². The molecule has 2 atom stereocenters. The molecule has 0 aromatic heterocycles. The van der Waals surface area contributed by atoms with Crippen LogP contribution in [-0.4, -0.2) is 48.4 Å². The average Bonchev–Trinajstić information content (AvgIpc) is 3.19. The molecule has 2 heterocycles. The van der Waals surface area contributed by atoms with E-state index in [0.29, 0.717) is 24.9 Å². The van der Waals surface area contributed by atoms with Crippen molar-refractivity contribution < 1.29 is 9.59 Å². The van der Waals surface area contributed by atoms with Crippen LogP contribution >= 0.6 is 12.4 Å². The van der Waals surface area contributed by atoms with Crippen LogP contribution in [0.2, 0.25) is 0 Å². The van der Waals surface area contributed by atoms with Gasteiger partial charge in [0, 0.05) is 37.5 Å². The molecule has 2 amide bonds. The van der Waals surface area contributed by atoms with Crippen LogP contribution in [-0.2, 0) is 9.59 Å². The van der Waals surface area contributed by atoms with E-state index in [2.05, 4.69) is 10.6 Å². The maximum Gasteiger partial charge on any atom is 0.225 e. The first-order valence-electron chi connectivity index (χ1n) is 9.04. The van der Waals surface area contributed by atoms with E-state index in [4.69, 9.17) is 0 Å².